The van der Waals surface area contributed by atoms with Gasteiger partial charge in [-0.25, -0.2) is 18.1 Å². The zero-order valence-electron chi connectivity index (χ0n) is 11.1. The largest absolute Gasteiger partial charge is 0.445 e. The minimum Gasteiger partial charge on any atom is -0.445 e. The van der Waals surface area contributed by atoms with Gasteiger partial charge in [-0.2, -0.15) is 0 Å². The van der Waals surface area contributed by atoms with E-state index in [0.29, 0.717) is 18.2 Å². The molecule has 0 bridgehead atoms. The van der Waals surface area contributed by atoms with E-state index in [2.05, 4.69) is 15.0 Å². The van der Waals surface area contributed by atoms with Gasteiger partial charge in [0.25, 0.3) is 0 Å². The van der Waals surface area contributed by atoms with Crippen LogP contribution in [0.3, 0.4) is 0 Å². The number of nitrogens with zero attached hydrogens (tertiary/aromatic N) is 1. The summed E-state index contributed by atoms with van der Waals surface area (Å²) >= 11 is 0. The monoisotopic (exact) mass is 275 g/mol. The Hall–Kier alpha value is -0.920. The lowest BCUT2D eigenvalue weighted by Gasteiger charge is -2.13. The van der Waals surface area contributed by atoms with Crippen molar-refractivity contribution in [1.29, 1.82) is 0 Å². The quantitative estimate of drug-likeness (QED) is 0.685. The van der Waals surface area contributed by atoms with Crippen molar-refractivity contribution in [2.75, 3.05) is 13.1 Å². The molecular weight excluding hydrogens is 254 g/mol. The molecule has 2 N–H and O–H groups in total. The molecule has 0 amide bonds. The van der Waals surface area contributed by atoms with Gasteiger partial charge in [0.2, 0.25) is 15.9 Å². The molecule has 1 aromatic rings. The Morgan fingerprint density at radius 1 is 1.50 bits per heavy atom. The van der Waals surface area contributed by atoms with E-state index < -0.39 is 15.3 Å². The first kappa shape index (κ1) is 15.1. The Balaban J connectivity index is 2.43. The van der Waals surface area contributed by atoms with Gasteiger partial charge in [0.05, 0.1) is 18.0 Å². The minimum absolute atomic E-state index is 0.0916. The molecule has 0 aliphatic carbocycles. The van der Waals surface area contributed by atoms with E-state index in [0.717, 1.165) is 13.0 Å². The molecule has 1 unspecified atom stereocenters. The van der Waals surface area contributed by atoms with Crippen molar-refractivity contribution in [3.05, 3.63) is 17.8 Å². The molecule has 1 heterocycles. The Morgan fingerprint density at radius 2 is 2.22 bits per heavy atom. The van der Waals surface area contributed by atoms with Gasteiger partial charge < -0.3 is 9.73 Å². The second kappa shape index (κ2) is 6.86. The summed E-state index contributed by atoms with van der Waals surface area (Å²) in [4.78, 5) is 3.94. The summed E-state index contributed by atoms with van der Waals surface area (Å²) in [6, 6.07) is 0. The van der Waals surface area contributed by atoms with Crippen molar-refractivity contribution in [2.24, 2.45) is 0 Å². The zero-order valence-corrected chi connectivity index (χ0v) is 11.9. The molecular formula is C11H21N3O3S. The molecule has 1 rings (SSSR count). The third-order valence-electron chi connectivity index (χ3n) is 2.48. The maximum Gasteiger partial charge on any atom is 0.215 e. The predicted octanol–water partition coefficient (Wildman–Crippen LogP) is 0.791. The number of sulfonamides is 1. The SMILES string of the molecule is CCCNCC(C)S(=O)(=O)NCc1ncc(C)o1. The van der Waals surface area contributed by atoms with Crippen LogP contribution in [0.5, 0.6) is 0 Å². The van der Waals surface area contributed by atoms with E-state index in [-0.39, 0.29) is 6.54 Å². The third-order valence-corrected chi connectivity index (χ3v) is 4.25. The van der Waals surface area contributed by atoms with Gasteiger partial charge in [-0.15, -0.1) is 0 Å². The highest BCUT2D eigenvalue weighted by molar-refractivity contribution is 7.90. The fourth-order valence-corrected chi connectivity index (χ4v) is 2.33. The van der Waals surface area contributed by atoms with Gasteiger partial charge in [0.15, 0.2) is 0 Å². The van der Waals surface area contributed by atoms with E-state index in [1.54, 1.807) is 20.0 Å². The van der Waals surface area contributed by atoms with Crippen LogP contribution in [-0.2, 0) is 16.6 Å². The first-order chi connectivity index (χ1) is 8.45. The van der Waals surface area contributed by atoms with Crippen LogP contribution in [0.2, 0.25) is 0 Å². The number of hydrogen-bond donors (Lipinski definition) is 2. The van der Waals surface area contributed by atoms with Crippen LogP contribution in [0.25, 0.3) is 0 Å². The van der Waals surface area contributed by atoms with Crippen molar-refractivity contribution >= 4 is 10.0 Å². The number of hydrogen-bond acceptors (Lipinski definition) is 5. The number of aromatic nitrogens is 1. The predicted molar refractivity (Wildman–Crippen MR) is 69.6 cm³/mol. The first-order valence-corrected chi connectivity index (χ1v) is 7.61. The molecule has 0 fully saturated rings. The van der Waals surface area contributed by atoms with Crippen molar-refractivity contribution in [1.82, 2.24) is 15.0 Å². The second-order valence-corrected chi connectivity index (χ2v) is 6.43. The number of oxazole rings is 1. The average molecular weight is 275 g/mol. The molecule has 7 heteroatoms. The van der Waals surface area contributed by atoms with Crippen LogP contribution in [0.1, 0.15) is 31.9 Å². The molecule has 1 aromatic heterocycles. The molecule has 6 nitrogen and oxygen atoms in total. The molecule has 1 atom stereocenters. The topological polar surface area (TPSA) is 84.2 Å². The highest BCUT2D eigenvalue weighted by atomic mass is 32.2. The van der Waals surface area contributed by atoms with Gasteiger partial charge in [-0.3, -0.25) is 0 Å². The second-order valence-electron chi connectivity index (χ2n) is 4.25. The Bertz CT molecular complexity index is 456. The molecule has 0 aliphatic heterocycles. The summed E-state index contributed by atoms with van der Waals surface area (Å²) in [5, 5.41) is 2.60. The molecule has 0 aliphatic rings. The normalized spacial score (nSPS) is 13.7. The first-order valence-electron chi connectivity index (χ1n) is 6.06. The highest BCUT2D eigenvalue weighted by Gasteiger charge is 2.20. The molecule has 18 heavy (non-hydrogen) atoms. The summed E-state index contributed by atoms with van der Waals surface area (Å²) in [5.74, 6) is 1.05. The maximum absolute atomic E-state index is 11.9. The van der Waals surface area contributed by atoms with Crippen molar-refractivity contribution in [3.63, 3.8) is 0 Å². The molecule has 104 valence electrons. The van der Waals surface area contributed by atoms with Crippen LogP contribution >= 0.6 is 0 Å². The fraction of sp³-hybridized carbons (Fsp3) is 0.727. The van der Waals surface area contributed by atoms with Crippen LogP contribution in [0.15, 0.2) is 10.6 Å². The van der Waals surface area contributed by atoms with Crippen molar-refractivity contribution in [2.45, 2.75) is 39.0 Å². The van der Waals surface area contributed by atoms with Crippen LogP contribution in [-0.4, -0.2) is 31.7 Å². The van der Waals surface area contributed by atoms with E-state index in [1.165, 1.54) is 0 Å². The Morgan fingerprint density at radius 3 is 2.78 bits per heavy atom. The maximum atomic E-state index is 11.9. The Kier molecular flexibility index (Phi) is 5.77. The van der Waals surface area contributed by atoms with Gasteiger partial charge >= 0.3 is 0 Å². The number of nitrogens with one attached hydrogen (secondary N) is 2. The lowest BCUT2D eigenvalue weighted by atomic mass is 10.4. The lowest BCUT2D eigenvalue weighted by molar-refractivity contribution is 0.462. The van der Waals surface area contributed by atoms with E-state index >= 15 is 0 Å². The van der Waals surface area contributed by atoms with Crippen molar-refractivity contribution < 1.29 is 12.8 Å². The molecule has 0 aromatic carbocycles. The van der Waals surface area contributed by atoms with Crippen LogP contribution in [0.4, 0.5) is 0 Å². The molecule has 0 spiro atoms. The minimum atomic E-state index is -3.34. The smallest absolute Gasteiger partial charge is 0.215 e. The summed E-state index contributed by atoms with van der Waals surface area (Å²) < 4.78 is 31.5. The number of aryl methyl sites for hydroxylation is 1. The highest BCUT2D eigenvalue weighted by Crippen LogP contribution is 2.03. The standard InChI is InChI=1S/C11H21N3O3S/c1-4-5-12-7-10(3)18(15,16)14-8-11-13-6-9(2)17-11/h6,10,12,14H,4-5,7-8H2,1-3H3. The van der Waals surface area contributed by atoms with Crippen molar-refractivity contribution in [3.8, 4) is 0 Å². The number of rotatable bonds is 8. The van der Waals surface area contributed by atoms with Gasteiger partial charge in [0, 0.05) is 6.54 Å². The van der Waals surface area contributed by atoms with E-state index in [4.69, 9.17) is 4.42 Å². The van der Waals surface area contributed by atoms with Crippen LogP contribution in [0, 0.1) is 6.92 Å². The van der Waals surface area contributed by atoms with Gasteiger partial charge in [-0.05, 0) is 26.8 Å². The third kappa shape index (κ3) is 4.75. The lowest BCUT2D eigenvalue weighted by Crippen LogP contribution is -2.38. The summed E-state index contributed by atoms with van der Waals surface area (Å²) in [6.07, 6.45) is 2.55. The summed E-state index contributed by atoms with van der Waals surface area (Å²) in [5.41, 5.74) is 0. The van der Waals surface area contributed by atoms with Gasteiger partial charge in [-0.1, -0.05) is 6.92 Å². The fourth-order valence-electron chi connectivity index (χ4n) is 1.38. The molecule has 0 radical (unpaired) electrons. The van der Waals surface area contributed by atoms with Crippen LogP contribution < -0.4 is 10.0 Å². The zero-order chi connectivity index (χ0) is 13.6. The molecule has 0 saturated carbocycles. The summed E-state index contributed by atoms with van der Waals surface area (Å²) in [6.45, 7) is 6.82. The van der Waals surface area contributed by atoms with E-state index in [1.807, 2.05) is 6.92 Å². The Labute approximate surface area is 108 Å². The molecule has 0 saturated heterocycles. The van der Waals surface area contributed by atoms with Gasteiger partial charge in [0.1, 0.15) is 5.76 Å². The summed E-state index contributed by atoms with van der Waals surface area (Å²) in [7, 11) is -3.34. The average Bonchev–Trinajstić information content (AvgIpc) is 2.73. The van der Waals surface area contributed by atoms with E-state index in [9.17, 15) is 8.42 Å².